The van der Waals surface area contributed by atoms with Gasteiger partial charge in [0, 0.05) is 13.7 Å². The van der Waals surface area contributed by atoms with Gasteiger partial charge in [-0.2, -0.15) is 0 Å². The third-order valence-corrected chi connectivity index (χ3v) is 3.69. The number of amides is 1. The highest BCUT2D eigenvalue weighted by molar-refractivity contribution is 5.80. The molecular formula is C16H24N2O3. The maximum Gasteiger partial charge on any atom is 0.238 e. The zero-order valence-electron chi connectivity index (χ0n) is 12.8. The van der Waals surface area contributed by atoms with Gasteiger partial charge in [-0.15, -0.1) is 0 Å². The minimum absolute atomic E-state index is 0.0468. The van der Waals surface area contributed by atoms with Crippen LogP contribution in [0.4, 0.5) is 0 Å². The standard InChI is InChI=1S/C16H24N2O3/c1-3-13-4-6-14(7-5-13)16-17-12-15(19)18(16)8-9-21-11-10-20-2/h4-7,16-17H,3,8-12H2,1-2H3. The van der Waals surface area contributed by atoms with Crippen LogP contribution in [0, 0.1) is 0 Å². The van der Waals surface area contributed by atoms with E-state index in [0.29, 0.717) is 32.9 Å². The van der Waals surface area contributed by atoms with Gasteiger partial charge in [-0.25, -0.2) is 0 Å². The topological polar surface area (TPSA) is 50.8 Å². The van der Waals surface area contributed by atoms with E-state index >= 15 is 0 Å². The SMILES string of the molecule is CCc1ccc(C2NCC(=O)N2CCOCCOC)cc1. The molecule has 0 radical (unpaired) electrons. The van der Waals surface area contributed by atoms with Crippen molar-refractivity contribution in [1.82, 2.24) is 10.2 Å². The van der Waals surface area contributed by atoms with E-state index in [0.717, 1.165) is 12.0 Å². The summed E-state index contributed by atoms with van der Waals surface area (Å²) in [5, 5.41) is 3.26. The summed E-state index contributed by atoms with van der Waals surface area (Å²) in [4.78, 5) is 13.8. The van der Waals surface area contributed by atoms with Crippen molar-refractivity contribution >= 4 is 5.91 Å². The first kappa shape index (κ1) is 15.9. The summed E-state index contributed by atoms with van der Waals surface area (Å²) < 4.78 is 10.4. The van der Waals surface area contributed by atoms with Crippen LogP contribution in [-0.2, 0) is 20.7 Å². The van der Waals surface area contributed by atoms with Crippen LogP contribution in [0.3, 0.4) is 0 Å². The summed E-state index contributed by atoms with van der Waals surface area (Å²) >= 11 is 0. The van der Waals surface area contributed by atoms with Crippen LogP contribution < -0.4 is 5.32 Å². The predicted molar refractivity (Wildman–Crippen MR) is 81.0 cm³/mol. The number of carbonyl (C=O) groups is 1. The highest BCUT2D eigenvalue weighted by atomic mass is 16.5. The Morgan fingerprint density at radius 2 is 2.00 bits per heavy atom. The second-order valence-electron chi connectivity index (χ2n) is 5.07. The molecule has 1 atom stereocenters. The lowest BCUT2D eigenvalue weighted by molar-refractivity contribution is -0.128. The minimum Gasteiger partial charge on any atom is -0.382 e. The Balaban J connectivity index is 1.92. The second kappa shape index (κ2) is 8.12. The Kier molecular flexibility index (Phi) is 6.17. The Morgan fingerprint density at radius 1 is 1.24 bits per heavy atom. The number of nitrogens with one attached hydrogen (secondary N) is 1. The molecule has 1 fully saturated rings. The molecule has 116 valence electrons. The molecule has 0 bridgehead atoms. The molecule has 1 N–H and O–H groups in total. The number of nitrogens with zero attached hydrogens (tertiary/aromatic N) is 1. The van der Waals surface area contributed by atoms with Crippen LogP contribution in [0.1, 0.15) is 24.2 Å². The fraction of sp³-hybridized carbons (Fsp3) is 0.562. The number of benzene rings is 1. The number of aryl methyl sites for hydroxylation is 1. The van der Waals surface area contributed by atoms with Crippen molar-refractivity contribution in [3.05, 3.63) is 35.4 Å². The highest BCUT2D eigenvalue weighted by Gasteiger charge is 2.30. The van der Waals surface area contributed by atoms with Crippen molar-refractivity contribution in [3.8, 4) is 0 Å². The smallest absolute Gasteiger partial charge is 0.238 e. The summed E-state index contributed by atoms with van der Waals surface area (Å²) in [5.74, 6) is 0.120. The number of rotatable bonds is 8. The van der Waals surface area contributed by atoms with E-state index in [4.69, 9.17) is 9.47 Å². The highest BCUT2D eigenvalue weighted by Crippen LogP contribution is 2.22. The molecule has 5 heteroatoms. The first-order valence-electron chi connectivity index (χ1n) is 7.44. The first-order valence-corrected chi connectivity index (χ1v) is 7.44. The van der Waals surface area contributed by atoms with Crippen molar-refractivity contribution in [2.24, 2.45) is 0 Å². The molecule has 1 amide bonds. The van der Waals surface area contributed by atoms with E-state index in [-0.39, 0.29) is 12.1 Å². The molecule has 1 unspecified atom stereocenters. The van der Waals surface area contributed by atoms with E-state index in [1.807, 2.05) is 4.90 Å². The summed E-state index contributed by atoms with van der Waals surface area (Å²) in [6.45, 7) is 4.78. The van der Waals surface area contributed by atoms with Gasteiger partial charge in [0.05, 0.1) is 26.4 Å². The van der Waals surface area contributed by atoms with Crippen LogP contribution in [0.15, 0.2) is 24.3 Å². The molecule has 1 aliphatic heterocycles. The molecule has 21 heavy (non-hydrogen) atoms. The normalized spacial score (nSPS) is 18.5. The van der Waals surface area contributed by atoms with E-state index in [9.17, 15) is 4.79 Å². The molecule has 1 aromatic carbocycles. The van der Waals surface area contributed by atoms with Gasteiger partial charge in [0.25, 0.3) is 0 Å². The van der Waals surface area contributed by atoms with Crippen LogP contribution in [-0.4, -0.2) is 50.8 Å². The molecule has 0 saturated carbocycles. The van der Waals surface area contributed by atoms with Crippen molar-refractivity contribution in [2.45, 2.75) is 19.5 Å². The quantitative estimate of drug-likeness (QED) is 0.735. The molecule has 1 saturated heterocycles. The third kappa shape index (κ3) is 4.27. The number of carbonyl (C=O) groups excluding carboxylic acids is 1. The fourth-order valence-corrected chi connectivity index (χ4v) is 2.43. The van der Waals surface area contributed by atoms with Gasteiger partial charge in [-0.3, -0.25) is 10.1 Å². The van der Waals surface area contributed by atoms with Gasteiger partial charge in [0.1, 0.15) is 6.17 Å². The molecule has 0 aliphatic carbocycles. The lowest BCUT2D eigenvalue weighted by Crippen LogP contribution is -2.33. The Morgan fingerprint density at radius 3 is 2.67 bits per heavy atom. The van der Waals surface area contributed by atoms with Gasteiger partial charge in [-0.05, 0) is 17.5 Å². The lowest BCUT2D eigenvalue weighted by atomic mass is 10.1. The maximum absolute atomic E-state index is 12.0. The summed E-state index contributed by atoms with van der Waals surface area (Å²) in [6, 6.07) is 8.42. The number of hydrogen-bond acceptors (Lipinski definition) is 4. The molecule has 2 rings (SSSR count). The van der Waals surface area contributed by atoms with Crippen molar-refractivity contribution < 1.29 is 14.3 Å². The molecule has 1 heterocycles. The van der Waals surface area contributed by atoms with Crippen LogP contribution in [0.5, 0.6) is 0 Å². The largest absolute Gasteiger partial charge is 0.382 e. The predicted octanol–water partition coefficient (Wildman–Crippen LogP) is 1.34. The van der Waals surface area contributed by atoms with Gasteiger partial charge in [0.15, 0.2) is 0 Å². The van der Waals surface area contributed by atoms with Gasteiger partial charge in [0.2, 0.25) is 5.91 Å². The summed E-state index contributed by atoms with van der Waals surface area (Å²) in [6.07, 6.45) is 0.975. The lowest BCUT2D eigenvalue weighted by Gasteiger charge is -2.24. The third-order valence-electron chi connectivity index (χ3n) is 3.69. The first-order chi connectivity index (χ1) is 10.3. The Hall–Kier alpha value is -1.43. The Bertz CT molecular complexity index is 447. The number of methoxy groups -OCH3 is 1. The van der Waals surface area contributed by atoms with Gasteiger partial charge < -0.3 is 14.4 Å². The van der Waals surface area contributed by atoms with E-state index < -0.39 is 0 Å². The zero-order valence-corrected chi connectivity index (χ0v) is 12.8. The fourth-order valence-electron chi connectivity index (χ4n) is 2.43. The van der Waals surface area contributed by atoms with Gasteiger partial charge >= 0.3 is 0 Å². The number of hydrogen-bond donors (Lipinski definition) is 1. The van der Waals surface area contributed by atoms with Crippen molar-refractivity contribution in [2.75, 3.05) is 40.0 Å². The molecule has 5 nitrogen and oxygen atoms in total. The monoisotopic (exact) mass is 292 g/mol. The van der Waals surface area contributed by atoms with Crippen LogP contribution in [0.25, 0.3) is 0 Å². The molecule has 1 aliphatic rings. The maximum atomic E-state index is 12.0. The van der Waals surface area contributed by atoms with Crippen molar-refractivity contribution in [3.63, 3.8) is 0 Å². The summed E-state index contributed by atoms with van der Waals surface area (Å²) in [5.41, 5.74) is 2.42. The second-order valence-corrected chi connectivity index (χ2v) is 5.07. The van der Waals surface area contributed by atoms with Crippen LogP contribution >= 0.6 is 0 Å². The summed E-state index contributed by atoms with van der Waals surface area (Å²) in [7, 11) is 1.65. The van der Waals surface area contributed by atoms with E-state index in [1.54, 1.807) is 7.11 Å². The van der Waals surface area contributed by atoms with E-state index in [2.05, 4.69) is 36.5 Å². The molecule has 0 spiro atoms. The zero-order chi connectivity index (χ0) is 15.1. The molecule has 1 aromatic rings. The molecule has 0 aromatic heterocycles. The van der Waals surface area contributed by atoms with Gasteiger partial charge in [-0.1, -0.05) is 31.2 Å². The van der Waals surface area contributed by atoms with Crippen molar-refractivity contribution in [1.29, 1.82) is 0 Å². The van der Waals surface area contributed by atoms with Crippen LogP contribution in [0.2, 0.25) is 0 Å². The van der Waals surface area contributed by atoms with E-state index in [1.165, 1.54) is 5.56 Å². The average molecular weight is 292 g/mol. The average Bonchev–Trinajstić information content (AvgIpc) is 2.88. The minimum atomic E-state index is -0.0468. The number of ether oxygens (including phenoxy) is 2. The molecular weight excluding hydrogens is 268 g/mol. The Labute approximate surface area is 126 Å².